The van der Waals surface area contributed by atoms with E-state index in [0.29, 0.717) is 25.1 Å². The topological polar surface area (TPSA) is 94.9 Å². The van der Waals surface area contributed by atoms with Crippen LogP contribution in [-0.2, 0) is 17.1 Å². The minimum atomic E-state index is -5.38. The van der Waals surface area contributed by atoms with Crippen LogP contribution in [0.1, 0.15) is 36.5 Å². The highest BCUT2D eigenvalue weighted by Crippen LogP contribution is 2.44. The molecular formula is C26H26F7N3O4. The molecule has 1 amide bonds. The quantitative estimate of drug-likeness (QED) is 0.193. The Bertz CT molecular complexity index is 1250. The van der Waals surface area contributed by atoms with Crippen LogP contribution in [0, 0.1) is 11.2 Å². The van der Waals surface area contributed by atoms with Crippen LogP contribution in [0.15, 0.2) is 42.6 Å². The molecule has 2 aromatic rings. The van der Waals surface area contributed by atoms with Crippen molar-refractivity contribution in [3.63, 3.8) is 0 Å². The molecular weight excluding hydrogens is 551 g/mol. The number of amides is 1. The van der Waals surface area contributed by atoms with E-state index in [1.165, 1.54) is 0 Å². The molecule has 0 radical (unpaired) electrons. The van der Waals surface area contributed by atoms with Gasteiger partial charge in [-0.15, -0.1) is 0 Å². The van der Waals surface area contributed by atoms with Crippen molar-refractivity contribution in [2.45, 2.75) is 43.8 Å². The monoisotopic (exact) mass is 577 g/mol. The molecule has 40 heavy (non-hydrogen) atoms. The lowest BCUT2D eigenvalue weighted by atomic mass is 9.79. The molecule has 1 aliphatic carbocycles. The number of aliphatic hydroxyl groups is 1. The number of allylic oxidation sites excluding steroid dienone is 1. The van der Waals surface area contributed by atoms with Gasteiger partial charge in [0.05, 0.1) is 29.4 Å². The fourth-order valence-corrected chi connectivity index (χ4v) is 3.96. The van der Waals surface area contributed by atoms with Gasteiger partial charge in [-0.3, -0.25) is 4.90 Å². The zero-order valence-corrected chi connectivity index (χ0v) is 21.3. The Labute approximate surface area is 224 Å². The largest absolute Gasteiger partial charge is 0.420 e. The van der Waals surface area contributed by atoms with Gasteiger partial charge in [0.1, 0.15) is 5.82 Å². The number of hydrogen-bond acceptors (Lipinski definition) is 6. The summed E-state index contributed by atoms with van der Waals surface area (Å²) in [6.45, 7) is 1.82. The van der Waals surface area contributed by atoms with E-state index in [4.69, 9.17) is 14.9 Å². The van der Waals surface area contributed by atoms with E-state index in [-0.39, 0.29) is 31.0 Å². The van der Waals surface area contributed by atoms with Crippen molar-refractivity contribution in [1.29, 1.82) is 5.41 Å². The molecule has 1 saturated carbocycles. The highest BCUT2D eigenvalue weighted by Gasteiger charge is 2.42. The van der Waals surface area contributed by atoms with Crippen LogP contribution in [0.3, 0.4) is 0 Å². The third-order valence-corrected chi connectivity index (χ3v) is 6.06. The van der Waals surface area contributed by atoms with Crippen LogP contribution in [-0.4, -0.2) is 49.3 Å². The minimum Gasteiger partial charge on any atom is -0.409 e. The number of benzene rings is 2. The molecule has 7 nitrogen and oxygen atoms in total. The van der Waals surface area contributed by atoms with Crippen LogP contribution < -0.4 is 15.0 Å². The van der Waals surface area contributed by atoms with Gasteiger partial charge in [0.2, 0.25) is 0 Å². The van der Waals surface area contributed by atoms with Crippen molar-refractivity contribution in [3.8, 4) is 5.75 Å². The van der Waals surface area contributed by atoms with Gasteiger partial charge in [0.15, 0.2) is 5.75 Å². The molecule has 0 aromatic heterocycles. The molecule has 0 aliphatic heterocycles. The Morgan fingerprint density at radius 1 is 1.15 bits per heavy atom. The van der Waals surface area contributed by atoms with E-state index < -0.39 is 57.9 Å². The number of carbonyl (C=O) groups excluding carboxylic acids is 1. The molecule has 0 atom stereocenters. The van der Waals surface area contributed by atoms with E-state index in [0.717, 1.165) is 42.4 Å². The molecule has 2 aromatic carbocycles. The lowest BCUT2D eigenvalue weighted by Gasteiger charge is -2.40. The first-order valence-corrected chi connectivity index (χ1v) is 11.8. The molecule has 0 saturated heterocycles. The summed E-state index contributed by atoms with van der Waals surface area (Å²) in [5.41, 5.74) is -5.60. The van der Waals surface area contributed by atoms with Crippen molar-refractivity contribution in [2.24, 2.45) is 0 Å². The first-order valence-electron chi connectivity index (χ1n) is 11.8. The van der Waals surface area contributed by atoms with Gasteiger partial charge in [-0.05, 0) is 43.3 Å². The van der Waals surface area contributed by atoms with Crippen LogP contribution in [0.2, 0.25) is 0 Å². The Hall–Kier alpha value is -3.65. The summed E-state index contributed by atoms with van der Waals surface area (Å²) in [4.78, 5) is 13.5. The highest BCUT2D eigenvalue weighted by atomic mass is 19.4. The maximum Gasteiger partial charge on any atom is 0.420 e. The summed E-state index contributed by atoms with van der Waals surface area (Å²) in [5.74, 6) is -1.89. The summed E-state index contributed by atoms with van der Waals surface area (Å²) >= 11 is 0. The Kier molecular flexibility index (Phi) is 9.14. The zero-order chi connectivity index (χ0) is 29.9. The molecule has 1 fully saturated rings. The number of carbonyl (C=O) groups is 1. The number of rotatable bonds is 9. The van der Waals surface area contributed by atoms with Crippen LogP contribution in [0.25, 0.3) is 5.57 Å². The molecule has 0 bridgehead atoms. The predicted molar refractivity (Wildman–Crippen MR) is 132 cm³/mol. The number of anilines is 1. The number of alkyl halides is 6. The lowest BCUT2D eigenvalue weighted by Crippen LogP contribution is -2.46. The fraction of sp³-hybridized carbons (Fsp3) is 0.385. The van der Waals surface area contributed by atoms with Crippen molar-refractivity contribution in [1.82, 2.24) is 5.32 Å². The van der Waals surface area contributed by atoms with Crippen molar-refractivity contribution in [3.05, 3.63) is 65.1 Å². The van der Waals surface area contributed by atoms with Crippen molar-refractivity contribution >= 4 is 23.6 Å². The molecule has 218 valence electrons. The molecule has 3 N–H and O–H groups in total. The number of hydrogen-bond donors (Lipinski definition) is 3. The van der Waals surface area contributed by atoms with E-state index in [9.17, 15) is 40.6 Å². The normalized spacial score (nSPS) is 19.6. The van der Waals surface area contributed by atoms with Gasteiger partial charge >= 0.3 is 18.4 Å². The molecule has 1 aliphatic rings. The molecule has 0 unspecified atom stereocenters. The second-order valence-electron chi connectivity index (χ2n) is 9.40. The van der Waals surface area contributed by atoms with Crippen LogP contribution in [0.5, 0.6) is 5.75 Å². The molecule has 0 spiro atoms. The zero-order valence-electron chi connectivity index (χ0n) is 21.3. The second kappa shape index (κ2) is 11.8. The lowest BCUT2D eigenvalue weighted by molar-refractivity contribution is -0.143. The van der Waals surface area contributed by atoms with Gasteiger partial charge in [0, 0.05) is 55.7 Å². The summed E-state index contributed by atoms with van der Waals surface area (Å²) in [5, 5.41) is 20.0. The SMILES string of the molecule is CN(C(=O)Oc1c(/C(C=N)=C/NCCOC2CC(C)(O)C2)cc(C(F)(F)F)cc1C(F)(F)F)c1ccc(F)cc1. The smallest absolute Gasteiger partial charge is 0.409 e. The number of nitrogens with zero attached hydrogens (tertiary/aromatic N) is 1. The van der Waals surface area contributed by atoms with Crippen LogP contribution >= 0.6 is 0 Å². The predicted octanol–water partition coefficient (Wildman–Crippen LogP) is 6.01. The Morgan fingerprint density at radius 2 is 1.77 bits per heavy atom. The Morgan fingerprint density at radius 3 is 2.30 bits per heavy atom. The molecule has 3 rings (SSSR count). The van der Waals surface area contributed by atoms with Gasteiger partial charge in [0.25, 0.3) is 0 Å². The Balaban J connectivity index is 1.95. The van der Waals surface area contributed by atoms with Gasteiger partial charge in [-0.1, -0.05) is 0 Å². The molecule has 14 heteroatoms. The molecule has 0 heterocycles. The van der Waals surface area contributed by atoms with E-state index in [2.05, 4.69) is 5.32 Å². The van der Waals surface area contributed by atoms with Gasteiger partial charge < -0.3 is 25.3 Å². The summed E-state index contributed by atoms with van der Waals surface area (Å²) in [6, 6.07) is 4.44. The highest BCUT2D eigenvalue weighted by molar-refractivity contribution is 6.10. The summed E-state index contributed by atoms with van der Waals surface area (Å²) in [6.07, 6.45) is -9.82. The van der Waals surface area contributed by atoms with Gasteiger partial charge in [-0.25, -0.2) is 9.18 Å². The standard InChI is InChI=1S/C26H26F7N3O4/c1-24(38)11-19(12-24)39-8-7-35-14-15(13-34)20-9-16(25(28,29)30)10-21(26(31,32)33)22(20)40-23(37)36(2)18-5-3-17(27)4-6-18/h3-6,9-10,13-14,19,34-35,38H,7-8,11-12H2,1-2H3/b15-14+,34-13?. The van der Waals surface area contributed by atoms with E-state index in [1.54, 1.807) is 6.92 Å². The average molecular weight is 577 g/mol. The third kappa shape index (κ3) is 7.72. The summed E-state index contributed by atoms with van der Waals surface area (Å²) < 4.78 is 106. The van der Waals surface area contributed by atoms with Crippen molar-refractivity contribution in [2.75, 3.05) is 25.1 Å². The fourth-order valence-electron chi connectivity index (χ4n) is 3.96. The number of halogens is 7. The maximum absolute atomic E-state index is 14.0. The first-order chi connectivity index (χ1) is 18.5. The van der Waals surface area contributed by atoms with Crippen LogP contribution in [0.4, 0.5) is 41.2 Å². The van der Waals surface area contributed by atoms with Crippen molar-refractivity contribution < 1.29 is 50.1 Å². The third-order valence-electron chi connectivity index (χ3n) is 6.06. The average Bonchev–Trinajstić information content (AvgIpc) is 2.84. The number of ether oxygens (including phenoxy) is 2. The second-order valence-corrected chi connectivity index (χ2v) is 9.40. The first kappa shape index (κ1) is 30.9. The van der Waals surface area contributed by atoms with E-state index in [1.807, 2.05) is 0 Å². The summed E-state index contributed by atoms with van der Waals surface area (Å²) in [7, 11) is 1.11. The minimum absolute atomic E-state index is 0.0332. The number of nitrogens with one attached hydrogen (secondary N) is 2. The van der Waals surface area contributed by atoms with E-state index >= 15 is 0 Å². The van der Waals surface area contributed by atoms with Gasteiger partial charge in [-0.2, -0.15) is 26.3 Å². The maximum atomic E-state index is 14.0.